The summed E-state index contributed by atoms with van der Waals surface area (Å²) in [5.41, 5.74) is 0.439. The molecule has 2 amide bonds. The van der Waals surface area contributed by atoms with Crippen molar-refractivity contribution in [1.29, 1.82) is 0 Å². The number of nitrogens with zero attached hydrogens (tertiary/aromatic N) is 2. The summed E-state index contributed by atoms with van der Waals surface area (Å²) >= 11 is 0. The van der Waals surface area contributed by atoms with Crippen molar-refractivity contribution >= 4 is 21.8 Å². The molecule has 3 rings (SSSR count). The summed E-state index contributed by atoms with van der Waals surface area (Å²) in [5, 5.41) is 0. The molecule has 8 nitrogen and oxygen atoms in total. The van der Waals surface area contributed by atoms with E-state index < -0.39 is 10.0 Å². The normalized spacial score (nSPS) is 18.0. The molecule has 0 unspecified atom stereocenters. The Morgan fingerprint density at radius 3 is 2.21 bits per heavy atom. The molecule has 154 valence electrons. The summed E-state index contributed by atoms with van der Waals surface area (Å²) in [6, 6.07) is 5.91. The van der Waals surface area contributed by atoms with Crippen LogP contribution in [0.25, 0.3) is 0 Å². The lowest BCUT2D eigenvalue weighted by Gasteiger charge is -2.38. The standard InChI is InChI=1S/C19H27N3O5S/c1-27-14-9-20-28(25,26)17-7-5-16(6-8-17)19(24)22-12-10-21(11-13-22)18(23)15-3-2-4-15/h5-8,15,20H,2-4,9-14H2,1H3. The Hall–Kier alpha value is -1.97. The molecule has 2 aliphatic rings. The molecular weight excluding hydrogens is 382 g/mol. The number of rotatable bonds is 7. The van der Waals surface area contributed by atoms with Gasteiger partial charge in [-0.05, 0) is 37.1 Å². The van der Waals surface area contributed by atoms with Crippen molar-refractivity contribution in [3.05, 3.63) is 29.8 Å². The summed E-state index contributed by atoms with van der Waals surface area (Å²) in [5.74, 6) is 0.246. The molecule has 9 heteroatoms. The predicted molar refractivity (Wildman–Crippen MR) is 103 cm³/mol. The molecule has 2 fully saturated rings. The van der Waals surface area contributed by atoms with Crippen LogP contribution in [0.5, 0.6) is 0 Å². The number of nitrogens with one attached hydrogen (secondary N) is 1. The molecule has 0 radical (unpaired) electrons. The fourth-order valence-corrected chi connectivity index (χ4v) is 4.38. The van der Waals surface area contributed by atoms with E-state index >= 15 is 0 Å². The Morgan fingerprint density at radius 2 is 1.68 bits per heavy atom. The number of methoxy groups -OCH3 is 1. The summed E-state index contributed by atoms with van der Waals surface area (Å²) in [6.45, 7) is 2.56. The Labute approximate surface area is 165 Å². The number of hydrogen-bond donors (Lipinski definition) is 1. The highest BCUT2D eigenvalue weighted by atomic mass is 32.2. The van der Waals surface area contributed by atoms with Gasteiger partial charge in [-0.2, -0.15) is 0 Å². The zero-order chi connectivity index (χ0) is 20.1. The number of carbonyl (C=O) groups is 2. The summed E-state index contributed by atoms with van der Waals surface area (Å²) in [4.78, 5) is 28.7. The molecule has 1 heterocycles. The van der Waals surface area contributed by atoms with Crippen LogP contribution in [0.4, 0.5) is 0 Å². The van der Waals surface area contributed by atoms with E-state index in [9.17, 15) is 18.0 Å². The van der Waals surface area contributed by atoms with Crippen molar-refractivity contribution < 1.29 is 22.7 Å². The van der Waals surface area contributed by atoms with E-state index in [4.69, 9.17) is 4.74 Å². The van der Waals surface area contributed by atoms with Gasteiger partial charge in [-0.25, -0.2) is 13.1 Å². The third-order valence-electron chi connectivity index (χ3n) is 5.34. The van der Waals surface area contributed by atoms with Gasteiger partial charge in [0, 0.05) is 51.3 Å². The molecule has 1 N–H and O–H groups in total. The largest absolute Gasteiger partial charge is 0.383 e. The lowest BCUT2D eigenvalue weighted by Crippen LogP contribution is -2.52. The molecule has 1 aliphatic carbocycles. The number of benzene rings is 1. The molecule has 0 bridgehead atoms. The average Bonchev–Trinajstić information content (AvgIpc) is 2.66. The van der Waals surface area contributed by atoms with Crippen molar-refractivity contribution in [2.45, 2.75) is 24.2 Å². The molecule has 0 aromatic heterocycles. The van der Waals surface area contributed by atoms with Gasteiger partial charge in [0.2, 0.25) is 15.9 Å². The van der Waals surface area contributed by atoms with Crippen LogP contribution in [0.15, 0.2) is 29.2 Å². The van der Waals surface area contributed by atoms with Crippen molar-refractivity contribution in [2.75, 3.05) is 46.4 Å². The zero-order valence-electron chi connectivity index (χ0n) is 16.1. The van der Waals surface area contributed by atoms with Gasteiger partial charge in [-0.15, -0.1) is 0 Å². The van der Waals surface area contributed by atoms with E-state index in [1.807, 2.05) is 4.90 Å². The number of piperazine rings is 1. The van der Waals surface area contributed by atoms with Gasteiger partial charge in [-0.1, -0.05) is 6.42 Å². The lowest BCUT2D eigenvalue weighted by molar-refractivity contribution is -0.139. The van der Waals surface area contributed by atoms with Crippen LogP contribution in [-0.2, 0) is 19.6 Å². The van der Waals surface area contributed by atoms with Crippen LogP contribution in [0.3, 0.4) is 0 Å². The van der Waals surface area contributed by atoms with Crippen molar-refractivity contribution in [2.24, 2.45) is 5.92 Å². The first-order chi connectivity index (χ1) is 13.4. The van der Waals surface area contributed by atoms with Crippen molar-refractivity contribution in [3.8, 4) is 0 Å². The first-order valence-electron chi connectivity index (χ1n) is 9.59. The third-order valence-corrected chi connectivity index (χ3v) is 6.82. The first-order valence-corrected chi connectivity index (χ1v) is 11.1. The number of sulfonamides is 1. The summed E-state index contributed by atoms with van der Waals surface area (Å²) in [6.07, 6.45) is 3.09. The molecule has 1 saturated carbocycles. The van der Waals surface area contributed by atoms with Crippen LogP contribution >= 0.6 is 0 Å². The Morgan fingerprint density at radius 1 is 1.07 bits per heavy atom. The molecule has 28 heavy (non-hydrogen) atoms. The molecule has 1 saturated heterocycles. The maximum Gasteiger partial charge on any atom is 0.253 e. The Balaban J connectivity index is 1.55. The maximum atomic E-state index is 12.7. The maximum absolute atomic E-state index is 12.7. The average molecular weight is 410 g/mol. The number of hydrogen-bond acceptors (Lipinski definition) is 5. The van der Waals surface area contributed by atoms with E-state index in [1.165, 1.54) is 31.4 Å². The number of carbonyl (C=O) groups excluding carboxylic acids is 2. The quantitative estimate of drug-likeness (QED) is 0.669. The Bertz CT molecular complexity index is 797. The highest BCUT2D eigenvalue weighted by Gasteiger charge is 2.32. The highest BCUT2D eigenvalue weighted by molar-refractivity contribution is 7.89. The zero-order valence-corrected chi connectivity index (χ0v) is 16.9. The second-order valence-electron chi connectivity index (χ2n) is 7.16. The number of amides is 2. The van der Waals surface area contributed by atoms with Gasteiger partial charge in [-0.3, -0.25) is 9.59 Å². The molecule has 0 atom stereocenters. The van der Waals surface area contributed by atoms with Gasteiger partial charge in [0.15, 0.2) is 0 Å². The molecule has 1 aliphatic heterocycles. The van der Waals surface area contributed by atoms with Crippen molar-refractivity contribution in [1.82, 2.24) is 14.5 Å². The lowest BCUT2D eigenvalue weighted by atomic mass is 9.84. The van der Waals surface area contributed by atoms with E-state index in [-0.39, 0.29) is 35.8 Å². The monoisotopic (exact) mass is 409 g/mol. The minimum atomic E-state index is -3.62. The third kappa shape index (κ3) is 4.71. The van der Waals surface area contributed by atoms with E-state index in [1.54, 1.807) is 4.90 Å². The fraction of sp³-hybridized carbons (Fsp3) is 0.579. The van der Waals surface area contributed by atoms with E-state index in [0.29, 0.717) is 31.7 Å². The van der Waals surface area contributed by atoms with Crippen LogP contribution in [-0.4, -0.2) is 76.5 Å². The van der Waals surface area contributed by atoms with Crippen LogP contribution in [0.1, 0.15) is 29.6 Å². The molecule has 0 spiro atoms. The molecular formula is C19H27N3O5S. The van der Waals surface area contributed by atoms with Gasteiger partial charge in [0.1, 0.15) is 0 Å². The van der Waals surface area contributed by atoms with Gasteiger partial charge in [0.05, 0.1) is 11.5 Å². The van der Waals surface area contributed by atoms with Crippen LogP contribution < -0.4 is 4.72 Å². The van der Waals surface area contributed by atoms with E-state index in [2.05, 4.69) is 4.72 Å². The second-order valence-corrected chi connectivity index (χ2v) is 8.93. The SMILES string of the molecule is COCCNS(=O)(=O)c1ccc(C(=O)N2CCN(C(=O)C3CCC3)CC2)cc1. The van der Waals surface area contributed by atoms with Crippen LogP contribution in [0.2, 0.25) is 0 Å². The van der Waals surface area contributed by atoms with Gasteiger partial charge < -0.3 is 14.5 Å². The van der Waals surface area contributed by atoms with Crippen molar-refractivity contribution in [3.63, 3.8) is 0 Å². The van der Waals surface area contributed by atoms with Gasteiger partial charge >= 0.3 is 0 Å². The number of ether oxygens (including phenoxy) is 1. The second kappa shape index (κ2) is 9.02. The Kier molecular flexibility index (Phi) is 6.69. The summed E-state index contributed by atoms with van der Waals surface area (Å²) < 4.78 is 31.6. The fourth-order valence-electron chi connectivity index (χ4n) is 3.36. The minimum absolute atomic E-state index is 0.107. The smallest absolute Gasteiger partial charge is 0.253 e. The van der Waals surface area contributed by atoms with Gasteiger partial charge in [0.25, 0.3) is 5.91 Å². The van der Waals surface area contributed by atoms with Crippen LogP contribution in [0, 0.1) is 5.92 Å². The topological polar surface area (TPSA) is 96.0 Å². The van der Waals surface area contributed by atoms with E-state index in [0.717, 1.165) is 19.3 Å². The summed E-state index contributed by atoms with van der Waals surface area (Å²) in [7, 11) is -2.12. The highest BCUT2D eigenvalue weighted by Crippen LogP contribution is 2.28. The predicted octanol–water partition coefficient (Wildman–Crippen LogP) is 0.696. The first kappa shape index (κ1) is 20.8. The molecule has 1 aromatic rings. The molecule has 1 aromatic carbocycles. The minimum Gasteiger partial charge on any atom is -0.383 e.